The van der Waals surface area contributed by atoms with E-state index in [1.165, 1.54) is 0 Å². The molecule has 2 aromatic rings. The Kier molecular flexibility index (Phi) is 3.22. The van der Waals surface area contributed by atoms with Crippen molar-refractivity contribution in [3.05, 3.63) is 36.0 Å². The Morgan fingerprint density at radius 2 is 2.25 bits per heavy atom. The minimum atomic E-state index is 0.314. The van der Waals surface area contributed by atoms with Crippen molar-refractivity contribution >= 4 is 16.6 Å². The number of aromatic nitrogens is 1. The van der Waals surface area contributed by atoms with Crippen LogP contribution in [0, 0.1) is 0 Å². The second-order valence-corrected chi connectivity index (χ2v) is 3.43. The molecule has 4 heteroatoms. The molecular weight excluding hydrogens is 204 g/mol. The first-order valence-corrected chi connectivity index (χ1v) is 5.22. The van der Waals surface area contributed by atoms with E-state index in [2.05, 4.69) is 10.1 Å². The van der Waals surface area contributed by atoms with Crippen LogP contribution in [-0.2, 0) is 4.74 Å². The van der Waals surface area contributed by atoms with Gasteiger partial charge in [0.15, 0.2) is 0 Å². The van der Waals surface area contributed by atoms with Gasteiger partial charge in [0.25, 0.3) is 0 Å². The normalized spacial score (nSPS) is 12.2. The molecule has 0 saturated heterocycles. The van der Waals surface area contributed by atoms with Crippen molar-refractivity contribution in [3.63, 3.8) is 0 Å². The lowest BCUT2D eigenvalue weighted by atomic mass is 10.1. The number of para-hydroxylation sites is 1. The maximum absolute atomic E-state index is 8.98. The highest BCUT2D eigenvalue weighted by atomic mass is 16.5. The average Bonchev–Trinajstić information content (AvgIpc) is 2.75. The van der Waals surface area contributed by atoms with Gasteiger partial charge < -0.3 is 14.9 Å². The molecule has 2 rings (SSSR count). The van der Waals surface area contributed by atoms with E-state index in [4.69, 9.17) is 9.94 Å². The van der Waals surface area contributed by atoms with Gasteiger partial charge >= 0.3 is 0 Å². The van der Waals surface area contributed by atoms with Crippen LogP contribution >= 0.6 is 0 Å². The number of nitrogens with zero attached hydrogens (tertiary/aromatic N) is 1. The van der Waals surface area contributed by atoms with Crippen molar-refractivity contribution in [3.8, 4) is 0 Å². The molecule has 0 aliphatic carbocycles. The lowest BCUT2D eigenvalue weighted by Crippen LogP contribution is -2.10. The maximum atomic E-state index is 8.98. The molecule has 1 aromatic carbocycles. The Hall–Kier alpha value is -1.81. The monoisotopic (exact) mass is 218 g/mol. The van der Waals surface area contributed by atoms with E-state index in [0.717, 1.165) is 16.5 Å². The third-order valence-electron chi connectivity index (χ3n) is 2.46. The Bertz CT molecular complexity index is 502. The van der Waals surface area contributed by atoms with Crippen LogP contribution in [0.4, 0.5) is 0 Å². The molecule has 0 atom stereocenters. The smallest absolute Gasteiger partial charge is 0.115 e. The summed E-state index contributed by atoms with van der Waals surface area (Å²) < 4.78 is 5.25. The lowest BCUT2D eigenvalue weighted by molar-refractivity contribution is 0.184. The number of nitrogens with one attached hydrogen (secondary N) is 1. The predicted octanol–water partition coefficient (Wildman–Crippen LogP) is 2.38. The minimum absolute atomic E-state index is 0.314. The molecule has 16 heavy (non-hydrogen) atoms. The van der Waals surface area contributed by atoms with Crippen LogP contribution in [-0.4, -0.2) is 29.1 Å². The first-order valence-electron chi connectivity index (χ1n) is 5.22. The minimum Gasteiger partial charge on any atom is -0.411 e. The summed E-state index contributed by atoms with van der Waals surface area (Å²) >= 11 is 0. The summed E-state index contributed by atoms with van der Waals surface area (Å²) in [7, 11) is 0. The van der Waals surface area contributed by atoms with Gasteiger partial charge in [-0.2, -0.15) is 0 Å². The van der Waals surface area contributed by atoms with Crippen LogP contribution in [0.1, 0.15) is 12.5 Å². The van der Waals surface area contributed by atoms with Gasteiger partial charge in [0.2, 0.25) is 0 Å². The topological polar surface area (TPSA) is 57.6 Å². The van der Waals surface area contributed by atoms with Gasteiger partial charge in [0.05, 0.1) is 6.61 Å². The zero-order valence-corrected chi connectivity index (χ0v) is 9.10. The zero-order chi connectivity index (χ0) is 11.4. The van der Waals surface area contributed by atoms with Crippen molar-refractivity contribution in [2.45, 2.75) is 6.92 Å². The summed E-state index contributed by atoms with van der Waals surface area (Å²) in [5.74, 6) is 0. The highest BCUT2D eigenvalue weighted by Crippen LogP contribution is 2.18. The second kappa shape index (κ2) is 4.81. The molecule has 2 N–H and O–H groups in total. The molecule has 84 valence electrons. The number of oxime groups is 1. The van der Waals surface area contributed by atoms with Gasteiger partial charge in [0.1, 0.15) is 5.71 Å². The summed E-state index contributed by atoms with van der Waals surface area (Å²) in [5.41, 5.74) is 2.45. The molecule has 0 aliphatic heterocycles. The fourth-order valence-corrected chi connectivity index (χ4v) is 1.67. The van der Waals surface area contributed by atoms with Crippen LogP contribution in [0.3, 0.4) is 0 Å². The van der Waals surface area contributed by atoms with Crippen LogP contribution in [0.5, 0.6) is 0 Å². The van der Waals surface area contributed by atoms with Crippen LogP contribution < -0.4 is 0 Å². The summed E-state index contributed by atoms with van der Waals surface area (Å²) in [6.45, 7) is 2.82. The van der Waals surface area contributed by atoms with E-state index in [0.29, 0.717) is 18.9 Å². The van der Waals surface area contributed by atoms with E-state index in [-0.39, 0.29) is 0 Å². The third kappa shape index (κ3) is 1.92. The quantitative estimate of drug-likeness (QED) is 0.470. The third-order valence-corrected chi connectivity index (χ3v) is 2.46. The number of hydrogen-bond acceptors (Lipinski definition) is 3. The lowest BCUT2D eigenvalue weighted by Gasteiger charge is -2.02. The average molecular weight is 218 g/mol. The number of ether oxygens (including phenoxy) is 1. The maximum Gasteiger partial charge on any atom is 0.115 e. The summed E-state index contributed by atoms with van der Waals surface area (Å²) in [6, 6.07) is 7.88. The molecule has 0 spiro atoms. The number of fused-ring (bicyclic) bond motifs is 1. The van der Waals surface area contributed by atoms with Crippen molar-refractivity contribution < 1.29 is 9.94 Å². The zero-order valence-electron chi connectivity index (χ0n) is 9.10. The molecule has 0 bridgehead atoms. The van der Waals surface area contributed by atoms with Gasteiger partial charge in [-0.25, -0.2) is 0 Å². The molecule has 0 fully saturated rings. The Morgan fingerprint density at radius 1 is 1.44 bits per heavy atom. The van der Waals surface area contributed by atoms with Gasteiger partial charge in [-0.1, -0.05) is 23.4 Å². The summed E-state index contributed by atoms with van der Waals surface area (Å²) in [4.78, 5) is 3.13. The summed E-state index contributed by atoms with van der Waals surface area (Å²) in [5, 5.41) is 13.3. The largest absolute Gasteiger partial charge is 0.411 e. The molecular formula is C12H14N2O2. The highest BCUT2D eigenvalue weighted by molar-refractivity contribution is 6.11. The number of aromatic amines is 1. The molecule has 0 unspecified atom stereocenters. The van der Waals surface area contributed by atoms with Gasteiger partial charge in [0, 0.05) is 29.3 Å². The fourth-order valence-electron chi connectivity index (χ4n) is 1.67. The number of rotatable bonds is 4. The van der Waals surface area contributed by atoms with E-state index in [1.54, 1.807) is 0 Å². The fraction of sp³-hybridized carbons (Fsp3) is 0.250. The van der Waals surface area contributed by atoms with Crippen molar-refractivity contribution in [1.82, 2.24) is 4.98 Å². The van der Waals surface area contributed by atoms with Crippen molar-refractivity contribution in [1.29, 1.82) is 0 Å². The van der Waals surface area contributed by atoms with Gasteiger partial charge in [-0.05, 0) is 13.0 Å². The van der Waals surface area contributed by atoms with E-state index < -0.39 is 0 Å². The van der Waals surface area contributed by atoms with Gasteiger partial charge in [-0.15, -0.1) is 0 Å². The predicted molar refractivity (Wildman–Crippen MR) is 63.1 cm³/mol. The second-order valence-electron chi connectivity index (χ2n) is 3.43. The number of benzene rings is 1. The van der Waals surface area contributed by atoms with Crippen LogP contribution in [0.25, 0.3) is 10.9 Å². The molecule has 0 saturated carbocycles. The molecule has 0 aliphatic rings. The molecule has 0 radical (unpaired) electrons. The molecule has 0 amide bonds. The summed E-state index contributed by atoms with van der Waals surface area (Å²) in [6.07, 6.45) is 1.83. The van der Waals surface area contributed by atoms with Crippen LogP contribution in [0.15, 0.2) is 35.6 Å². The van der Waals surface area contributed by atoms with Crippen molar-refractivity contribution in [2.75, 3.05) is 13.2 Å². The van der Waals surface area contributed by atoms with Crippen molar-refractivity contribution in [2.24, 2.45) is 5.16 Å². The highest BCUT2D eigenvalue weighted by Gasteiger charge is 2.10. The Morgan fingerprint density at radius 3 is 3.00 bits per heavy atom. The first-order chi connectivity index (χ1) is 7.86. The van der Waals surface area contributed by atoms with Gasteiger partial charge in [-0.3, -0.25) is 0 Å². The number of H-pyrrole nitrogens is 1. The van der Waals surface area contributed by atoms with Crippen LogP contribution in [0.2, 0.25) is 0 Å². The van der Waals surface area contributed by atoms with E-state index in [9.17, 15) is 0 Å². The van der Waals surface area contributed by atoms with E-state index >= 15 is 0 Å². The molecule has 1 aromatic heterocycles. The SMILES string of the molecule is CCOCC(=NO)c1c[nH]c2ccccc12. The molecule has 1 heterocycles. The Labute approximate surface area is 93.5 Å². The molecule has 4 nitrogen and oxygen atoms in total. The Balaban J connectivity index is 2.38. The number of hydrogen-bond donors (Lipinski definition) is 2. The standard InChI is InChI=1S/C12H14N2O2/c1-2-16-8-12(14-15)10-7-13-11-6-4-3-5-9(10)11/h3-7,13,15H,2,8H2,1H3. The first kappa shape index (κ1) is 10.7. The van der Waals surface area contributed by atoms with E-state index in [1.807, 2.05) is 37.4 Å².